The van der Waals surface area contributed by atoms with Gasteiger partial charge >= 0.3 is 0 Å². The number of nitrogens with one attached hydrogen (secondary N) is 1. The Hall–Kier alpha value is -0.380. The summed E-state index contributed by atoms with van der Waals surface area (Å²) in [6.07, 6.45) is 6.49. The summed E-state index contributed by atoms with van der Waals surface area (Å²) in [5.74, 6) is 0.664. The van der Waals surface area contributed by atoms with E-state index in [0.29, 0.717) is 12.0 Å². The third-order valence-corrected chi connectivity index (χ3v) is 5.48. The lowest BCUT2D eigenvalue weighted by Gasteiger charge is -2.30. The van der Waals surface area contributed by atoms with E-state index >= 15 is 0 Å². The second kappa shape index (κ2) is 5.72. The molecule has 2 unspecified atom stereocenters. The maximum atomic E-state index is 5.67. The van der Waals surface area contributed by atoms with Crippen LogP contribution in [0.15, 0.2) is 6.07 Å². The quantitative estimate of drug-likeness (QED) is 0.902. The predicted octanol–water partition coefficient (Wildman–Crippen LogP) is 3.31. The lowest BCUT2D eigenvalue weighted by molar-refractivity contribution is 0.0398. The Balaban J connectivity index is 1.78. The lowest BCUT2D eigenvalue weighted by atomic mass is 9.92. The van der Waals surface area contributed by atoms with Crippen molar-refractivity contribution in [1.82, 2.24) is 5.32 Å². The summed E-state index contributed by atoms with van der Waals surface area (Å²) in [6, 6.07) is 2.99. The SMILES string of the molecule is CCNC(c1cc2c(s1)CCC2)C1CCCOC1. The highest BCUT2D eigenvalue weighted by atomic mass is 32.1. The predicted molar refractivity (Wildman–Crippen MR) is 76.3 cm³/mol. The van der Waals surface area contributed by atoms with Crippen molar-refractivity contribution in [2.24, 2.45) is 5.92 Å². The van der Waals surface area contributed by atoms with E-state index in [1.165, 1.54) is 32.1 Å². The molecular weight excluding hydrogens is 242 g/mol. The Morgan fingerprint density at radius 3 is 3.11 bits per heavy atom. The summed E-state index contributed by atoms with van der Waals surface area (Å²) in [7, 11) is 0. The number of rotatable bonds is 4. The summed E-state index contributed by atoms with van der Waals surface area (Å²) < 4.78 is 5.67. The minimum atomic E-state index is 0.519. The van der Waals surface area contributed by atoms with Crippen LogP contribution in [0.1, 0.15) is 47.5 Å². The fourth-order valence-corrected chi connectivity index (χ4v) is 4.68. The average Bonchev–Trinajstić information content (AvgIpc) is 2.97. The number of aryl methyl sites for hydroxylation is 2. The van der Waals surface area contributed by atoms with Crippen LogP contribution in [-0.4, -0.2) is 19.8 Å². The maximum Gasteiger partial charge on any atom is 0.0512 e. The zero-order valence-electron chi connectivity index (χ0n) is 11.2. The van der Waals surface area contributed by atoms with Crippen molar-refractivity contribution in [3.8, 4) is 0 Å². The van der Waals surface area contributed by atoms with Gasteiger partial charge in [-0.25, -0.2) is 0 Å². The average molecular weight is 265 g/mol. The molecule has 100 valence electrons. The van der Waals surface area contributed by atoms with Crippen LogP contribution >= 0.6 is 11.3 Å². The minimum absolute atomic E-state index is 0.519. The number of thiophene rings is 1. The fourth-order valence-electron chi connectivity index (χ4n) is 3.25. The first-order valence-corrected chi connectivity index (χ1v) is 8.12. The zero-order valence-corrected chi connectivity index (χ0v) is 12.0. The largest absolute Gasteiger partial charge is 0.381 e. The second-order valence-corrected chi connectivity index (χ2v) is 6.63. The Morgan fingerprint density at radius 2 is 2.39 bits per heavy atom. The topological polar surface area (TPSA) is 21.3 Å². The van der Waals surface area contributed by atoms with E-state index in [4.69, 9.17) is 4.74 Å². The smallest absolute Gasteiger partial charge is 0.0512 e. The van der Waals surface area contributed by atoms with E-state index in [9.17, 15) is 0 Å². The standard InChI is InChI=1S/C15H23NOS/c1-2-16-15(12-6-4-8-17-10-12)14-9-11-5-3-7-13(11)18-14/h9,12,15-16H,2-8,10H2,1H3. The Labute approximate surface area is 114 Å². The first kappa shape index (κ1) is 12.6. The molecule has 1 saturated heterocycles. The molecule has 3 rings (SSSR count). The molecule has 0 spiro atoms. The molecule has 1 aromatic rings. The molecule has 1 aromatic heterocycles. The van der Waals surface area contributed by atoms with Gasteiger partial charge in [0.1, 0.15) is 0 Å². The van der Waals surface area contributed by atoms with E-state index in [1.807, 2.05) is 11.3 Å². The molecule has 1 aliphatic carbocycles. The van der Waals surface area contributed by atoms with Crippen LogP contribution in [0.2, 0.25) is 0 Å². The van der Waals surface area contributed by atoms with E-state index in [2.05, 4.69) is 18.3 Å². The Kier molecular flexibility index (Phi) is 4.02. The molecule has 2 nitrogen and oxygen atoms in total. The van der Waals surface area contributed by atoms with Crippen molar-refractivity contribution >= 4 is 11.3 Å². The molecule has 3 heteroatoms. The molecule has 1 N–H and O–H groups in total. The highest BCUT2D eigenvalue weighted by Gasteiger charge is 2.28. The highest BCUT2D eigenvalue weighted by Crippen LogP contribution is 2.38. The molecule has 1 aliphatic heterocycles. The molecule has 2 atom stereocenters. The first-order chi connectivity index (χ1) is 8.88. The monoisotopic (exact) mass is 265 g/mol. The molecule has 0 saturated carbocycles. The van der Waals surface area contributed by atoms with Crippen molar-refractivity contribution < 1.29 is 4.74 Å². The van der Waals surface area contributed by atoms with Crippen molar-refractivity contribution in [2.75, 3.05) is 19.8 Å². The molecule has 1 fully saturated rings. The fraction of sp³-hybridized carbons (Fsp3) is 0.733. The van der Waals surface area contributed by atoms with Crippen molar-refractivity contribution in [1.29, 1.82) is 0 Å². The van der Waals surface area contributed by atoms with Gasteiger partial charge in [0.05, 0.1) is 6.61 Å². The van der Waals surface area contributed by atoms with Gasteiger partial charge in [-0.15, -0.1) is 11.3 Å². The highest BCUT2D eigenvalue weighted by molar-refractivity contribution is 7.12. The van der Waals surface area contributed by atoms with Crippen LogP contribution in [0.25, 0.3) is 0 Å². The molecular formula is C15H23NOS. The van der Waals surface area contributed by atoms with Crippen molar-refractivity contribution in [3.63, 3.8) is 0 Å². The molecule has 0 aromatic carbocycles. The molecule has 0 bridgehead atoms. The van der Waals surface area contributed by atoms with Gasteiger partial charge in [-0.3, -0.25) is 0 Å². The third-order valence-electron chi connectivity index (χ3n) is 4.16. The number of hydrogen-bond acceptors (Lipinski definition) is 3. The van der Waals surface area contributed by atoms with Gasteiger partial charge in [0.15, 0.2) is 0 Å². The normalized spacial score (nSPS) is 25.1. The second-order valence-electron chi connectivity index (χ2n) is 5.46. The third kappa shape index (κ3) is 2.49. The van der Waals surface area contributed by atoms with Gasteiger partial charge in [-0.1, -0.05) is 6.92 Å². The summed E-state index contributed by atoms with van der Waals surface area (Å²) in [6.45, 7) is 5.14. The molecule has 0 amide bonds. The van der Waals surface area contributed by atoms with Crippen molar-refractivity contribution in [2.45, 2.75) is 45.1 Å². The summed E-state index contributed by atoms with van der Waals surface area (Å²) >= 11 is 2.05. The van der Waals surface area contributed by atoms with Gasteiger partial charge < -0.3 is 10.1 Å². The Morgan fingerprint density at radius 1 is 1.44 bits per heavy atom. The van der Waals surface area contributed by atoms with Crippen LogP contribution in [0.3, 0.4) is 0 Å². The van der Waals surface area contributed by atoms with E-state index in [1.54, 1.807) is 15.3 Å². The summed E-state index contributed by atoms with van der Waals surface area (Å²) in [5.41, 5.74) is 1.62. The molecule has 2 aliphatic rings. The van der Waals surface area contributed by atoms with Crippen LogP contribution in [0, 0.1) is 5.92 Å². The zero-order chi connectivity index (χ0) is 12.4. The van der Waals surface area contributed by atoms with E-state index in [-0.39, 0.29) is 0 Å². The van der Waals surface area contributed by atoms with E-state index in [0.717, 1.165) is 19.8 Å². The minimum Gasteiger partial charge on any atom is -0.381 e. The molecule has 0 radical (unpaired) electrons. The van der Waals surface area contributed by atoms with E-state index < -0.39 is 0 Å². The Bertz CT molecular complexity index is 374. The first-order valence-electron chi connectivity index (χ1n) is 7.31. The van der Waals surface area contributed by atoms with Crippen LogP contribution in [0.4, 0.5) is 0 Å². The number of ether oxygens (including phenoxy) is 1. The number of hydrogen-bond donors (Lipinski definition) is 1. The maximum absolute atomic E-state index is 5.67. The molecule has 18 heavy (non-hydrogen) atoms. The number of fused-ring (bicyclic) bond motifs is 1. The summed E-state index contributed by atoms with van der Waals surface area (Å²) in [4.78, 5) is 3.20. The lowest BCUT2D eigenvalue weighted by Crippen LogP contribution is -2.32. The van der Waals surface area contributed by atoms with Crippen LogP contribution < -0.4 is 5.32 Å². The van der Waals surface area contributed by atoms with Gasteiger partial charge in [0, 0.05) is 28.3 Å². The van der Waals surface area contributed by atoms with Gasteiger partial charge in [-0.2, -0.15) is 0 Å². The van der Waals surface area contributed by atoms with Gasteiger partial charge in [-0.05, 0) is 50.3 Å². The van der Waals surface area contributed by atoms with Crippen LogP contribution in [-0.2, 0) is 17.6 Å². The molecule has 2 heterocycles. The van der Waals surface area contributed by atoms with Gasteiger partial charge in [0.2, 0.25) is 0 Å². The van der Waals surface area contributed by atoms with Crippen LogP contribution in [0.5, 0.6) is 0 Å². The van der Waals surface area contributed by atoms with Gasteiger partial charge in [0.25, 0.3) is 0 Å². The summed E-state index contributed by atoms with van der Waals surface area (Å²) in [5, 5.41) is 3.69. The van der Waals surface area contributed by atoms with Crippen molar-refractivity contribution in [3.05, 3.63) is 21.4 Å².